The van der Waals surface area contributed by atoms with E-state index >= 15 is 0 Å². The Morgan fingerprint density at radius 2 is 2.00 bits per heavy atom. The van der Waals surface area contributed by atoms with E-state index in [4.69, 9.17) is 15.3 Å². The molecule has 0 heterocycles. The van der Waals surface area contributed by atoms with E-state index in [1.165, 1.54) is 0 Å². The lowest BCUT2D eigenvalue weighted by atomic mass is 10.3. The van der Waals surface area contributed by atoms with Crippen LogP contribution in [-0.2, 0) is 9.53 Å². The van der Waals surface area contributed by atoms with Crippen molar-refractivity contribution < 1.29 is 24.9 Å². The van der Waals surface area contributed by atoms with E-state index in [0.717, 1.165) is 0 Å². The molecular formula is C6H12O5. The third kappa shape index (κ3) is 4.72. The van der Waals surface area contributed by atoms with Gasteiger partial charge in [-0.3, -0.25) is 0 Å². The lowest BCUT2D eigenvalue weighted by molar-refractivity contribution is -0.152. The first-order chi connectivity index (χ1) is 5.22. The number of carboxylic acids is 1. The number of hydrogen-bond acceptors (Lipinski definition) is 4. The number of carboxylic acid groups (broad SMARTS) is 1. The van der Waals surface area contributed by atoms with Gasteiger partial charge >= 0.3 is 5.97 Å². The zero-order valence-electron chi connectivity index (χ0n) is 6.06. The highest BCUT2D eigenvalue weighted by atomic mass is 16.5. The number of hydrogen-bond donors (Lipinski definition) is 3. The van der Waals surface area contributed by atoms with Gasteiger partial charge in [-0.1, -0.05) is 0 Å². The van der Waals surface area contributed by atoms with Crippen LogP contribution in [0.25, 0.3) is 0 Å². The third-order valence-corrected chi connectivity index (χ3v) is 1.08. The van der Waals surface area contributed by atoms with Crippen LogP contribution in [0.1, 0.15) is 6.42 Å². The quantitative estimate of drug-likeness (QED) is 0.460. The van der Waals surface area contributed by atoms with Crippen molar-refractivity contribution in [2.45, 2.75) is 12.5 Å². The summed E-state index contributed by atoms with van der Waals surface area (Å²) in [5, 5.41) is 25.1. The van der Waals surface area contributed by atoms with Gasteiger partial charge in [0.15, 0.2) is 6.10 Å². The molecule has 0 spiro atoms. The second-order valence-electron chi connectivity index (χ2n) is 1.93. The van der Waals surface area contributed by atoms with E-state index in [0.29, 0.717) is 0 Å². The van der Waals surface area contributed by atoms with Crippen LogP contribution in [0.15, 0.2) is 0 Å². The molecule has 0 saturated heterocycles. The summed E-state index contributed by atoms with van der Waals surface area (Å²) in [6, 6.07) is 0. The summed E-state index contributed by atoms with van der Waals surface area (Å²) in [6.07, 6.45) is -0.956. The Hall–Kier alpha value is -0.650. The minimum absolute atomic E-state index is 0.0169. The Morgan fingerprint density at radius 3 is 2.36 bits per heavy atom. The van der Waals surface area contributed by atoms with Crippen molar-refractivity contribution in [2.75, 3.05) is 19.8 Å². The third-order valence-electron chi connectivity index (χ3n) is 1.08. The molecule has 3 N–H and O–H groups in total. The van der Waals surface area contributed by atoms with Crippen molar-refractivity contribution in [3.8, 4) is 0 Å². The average Bonchev–Trinajstić information content (AvgIpc) is 1.97. The van der Waals surface area contributed by atoms with Crippen molar-refractivity contribution in [3.05, 3.63) is 0 Å². The maximum Gasteiger partial charge on any atom is 0.332 e. The number of rotatable bonds is 6. The Kier molecular flexibility index (Phi) is 5.73. The predicted octanol–water partition coefficient (Wildman–Crippen LogP) is -1.17. The van der Waals surface area contributed by atoms with E-state index in [2.05, 4.69) is 4.74 Å². The average molecular weight is 164 g/mol. The first-order valence-corrected chi connectivity index (χ1v) is 3.28. The molecule has 0 fully saturated rings. The van der Waals surface area contributed by atoms with Gasteiger partial charge in [0.1, 0.15) is 0 Å². The first kappa shape index (κ1) is 10.3. The minimum Gasteiger partial charge on any atom is -0.479 e. The molecule has 0 radical (unpaired) electrons. The summed E-state index contributed by atoms with van der Waals surface area (Å²) in [4.78, 5) is 10.3. The second kappa shape index (κ2) is 6.09. The maximum atomic E-state index is 10.3. The molecule has 1 unspecified atom stereocenters. The SMILES string of the molecule is O=C(O)C(CCO)OCCO. The highest BCUT2D eigenvalue weighted by Gasteiger charge is 2.16. The molecule has 0 amide bonds. The molecule has 0 aliphatic rings. The number of carbonyl (C=O) groups is 1. The van der Waals surface area contributed by atoms with E-state index in [1.54, 1.807) is 0 Å². The molecule has 5 heteroatoms. The highest BCUT2D eigenvalue weighted by molar-refractivity contribution is 5.72. The fourth-order valence-corrected chi connectivity index (χ4v) is 0.590. The summed E-state index contributed by atoms with van der Waals surface area (Å²) < 4.78 is 4.68. The Bertz CT molecular complexity index is 114. The van der Waals surface area contributed by atoms with Gasteiger partial charge in [0.2, 0.25) is 0 Å². The molecular weight excluding hydrogens is 152 g/mol. The normalized spacial score (nSPS) is 12.9. The Labute approximate surface area is 64.2 Å². The summed E-state index contributed by atoms with van der Waals surface area (Å²) >= 11 is 0. The van der Waals surface area contributed by atoms with Crippen LogP contribution in [0.5, 0.6) is 0 Å². The van der Waals surface area contributed by atoms with Crippen LogP contribution >= 0.6 is 0 Å². The molecule has 1 atom stereocenters. The molecule has 0 aliphatic carbocycles. The van der Waals surface area contributed by atoms with Gasteiger partial charge in [-0.25, -0.2) is 4.79 Å². The fourth-order valence-electron chi connectivity index (χ4n) is 0.590. The highest BCUT2D eigenvalue weighted by Crippen LogP contribution is 1.97. The summed E-state index contributed by atoms with van der Waals surface area (Å²) in [6.45, 7) is -0.464. The summed E-state index contributed by atoms with van der Waals surface area (Å²) in [7, 11) is 0. The number of aliphatic carboxylic acids is 1. The lowest BCUT2D eigenvalue weighted by Crippen LogP contribution is -2.26. The van der Waals surface area contributed by atoms with Crippen molar-refractivity contribution in [1.29, 1.82) is 0 Å². The van der Waals surface area contributed by atoms with E-state index in [-0.39, 0.29) is 26.2 Å². The van der Waals surface area contributed by atoms with Gasteiger partial charge in [0.05, 0.1) is 13.2 Å². The van der Waals surface area contributed by atoms with Gasteiger partial charge < -0.3 is 20.1 Å². The summed E-state index contributed by atoms with van der Waals surface area (Å²) in [5.74, 6) is -1.12. The fraction of sp³-hybridized carbons (Fsp3) is 0.833. The van der Waals surface area contributed by atoms with Crippen LogP contribution < -0.4 is 0 Å². The predicted molar refractivity (Wildman–Crippen MR) is 36.2 cm³/mol. The van der Waals surface area contributed by atoms with Gasteiger partial charge in [0.25, 0.3) is 0 Å². The number of aliphatic hydroxyl groups is 2. The van der Waals surface area contributed by atoms with Crippen LogP contribution in [-0.4, -0.2) is 47.2 Å². The van der Waals surface area contributed by atoms with Gasteiger partial charge in [0, 0.05) is 13.0 Å². The van der Waals surface area contributed by atoms with Crippen LogP contribution in [0.3, 0.4) is 0 Å². The van der Waals surface area contributed by atoms with Gasteiger partial charge in [-0.2, -0.15) is 0 Å². The van der Waals surface area contributed by atoms with Gasteiger partial charge in [-0.15, -0.1) is 0 Å². The molecule has 0 aromatic rings. The molecule has 0 aliphatic heterocycles. The molecule has 0 aromatic carbocycles. The summed E-state index contributed by atoms with van der Waals surface area (Å²) in [5.41, 5.74) is 0. The van der Waals surface area contributed by atoms with Crippen LogP contribution in [0.4, 0.5) is 0 Å². The van der Waals surface area contributed by atoms with Crippen molar-refractivity contribution in [3.63, 3.8) is 0 Å². The lowest BCUT2D eigenvalue weighted by Gasteiger charge is -2.10. The standard InChI is InChI=1S/C6H12O5/c7-2-1-5(6(9)10)11-4-3-8/h5,7-8H,1-4H2,(H,9,10). The maximum absolute atomic E-state index is 10.3. The molecule has 66 valence electrons. The van der Waals surface area contributed by atoms with Gasteiger partial charge in [-0.05, 0) is 0 Å². The molecule has 0 saturated carbocycles. The Balaban J connectivity index is 3.60. The number of ether oxygens (including phenoxy) is 1. The van der Waals surface area contributed by atoms with Crippen molar-refractivity contribution in [2.24, 2.45) is 0 Å². The molecule has 5 nitrogen and oxygen atoms in total. The molecule has 0 bridgehead atoms. The topological polar surface area (TPSA) is 87.0 Å². The van der Waals surface area contributed by atoms with Crippen LogP contribution in [0.2, 0.25) is 0 Å². The second-order valence-corrected chi connectivity index (χ2v) is 1.93. The molecule has 0 aromatic heterocycles. The monoisotopic (exact) mass is 164 g/mol. The van der Waals surface area contributed by atoms with E-state index in [1.807, 2.05) is 0 Å². The van der Waals surface area contributed by atoms with Crippen molar-refractivity contribution >= 4 is 5.97 Å². The van der Waals surface area contributed by atoms with E-state index < -0.39 is 12.1 Å². The van der Waals surface area contributed by atoms with Crippen molar-refractivity contribution in [1.82, 2.24) is 0 Å². The number of aliphatic hydroxyl groups excluding tert-OH is 2. The zero-order chi connectivity index (χ0) is 8.69. The minimum atomic E-state index is -1.12. The first-order valence-electron chi connectivity index (χ1n) is 3.28. The van der Waals surface area contributed by atoms with Crippen LogP contribution in [0, 0.1) is 0 Å². The Morgan fingerprint density at radius 1 is 1.36 bits per heavy atom. The zero-order valence-corrected chi connectivity index (χ0v) is 6.06. The molecule has 11 heavy (non-hydrogen) atoms. The molecule has 0 rings (SSSR count). The largest absolute Gasteiger partial charge is 0.479 e. The van der Waals surface area contributed by atoms with E-state index in [9.17, 15) is 4.79 Å². The smallest absolute Gasteiger partial charge is 0.332 e.